The van der Waals surface area contributed by atoms with Crippen LogP contribution in [0.3, 0.4) is 0 Å². The van der Waals surface area contributed by atoms with E-state index in [4.69, 9.17) is 9.47 Å². The summed E-state index contributed by atoms with van der Waals surface area (Å²) < 4.78 is 90.5. The van der Waals surface area contributed by atoms with E-state index in [0.29, 0.717) is 6.04 Å². The lowest BCUT2D eigenvalue weighted by Crippen LogP contribution is -2.48. The van der Waals surface area contributed by atoms with Crippen LogP contribution in [0, 0.1) is 0 Å². The minimum absolute atomic E-state index is 0.141. The molecule has 9 heteroatoms. The van der Waals surface area contributed by atoms with Crippen LogP contribution in [0.5, 0.6) is 0 Å². The largest absolute Gasteiger partial charge is 0.416 e. The van der Waals surface area contributed by atoms with Crippen molar-refractivity contribution in [3.05, 3.63) is 70.8 Å². The molecule has 3 nitrogen and oxygen atoms in total. The number of hydrogen-bond donors (Lipinski definition) is 0. The van der Waals surface area contributed by atoms with Crippen molar-refractivity contribution in [1.29, 1.82) is 0 Å². The third-order valence-corrected chi connectivity index (χ3v) is 7.16. The zero-order valence-corrected chi connectivity index (χ0v) is 19.3. The number of rotatable bonds is 6. The first kappa shape index (κ1) is 26.0. The third-order valence-electron chi connectivity index (χ3n) is 7.16. The van der Waals surface area contributed by atoms with Crippen LogP contribution in [0.4, 0.5) is 26.3 Å². The zero-order chi connectivity index (χ0) is 25.1. The van der Waals surface area contributed by atoms with E-state index in [-0.39, 0.29) is 30.3 Å². The molecule has 4 rings (SSSR count). The highest BCUT2D eigenvalue weighted by Gasteiger charge is 2.40. The Morgan fingerprint density at radius 1 is 0.857 bits per heavy atom. The van der Waals surface area contributed by atoms with E-state index in [1.807, 2.05) is 30.3 Å². The maximum absolute atomic E-state index is 13.2. The molecule has 1 heterocycles. The van der Waals surface area contributed by atoms with Crippen LogP contribution in [-0.4, -0.2) is 43.9 Å². The molecular weight excluding hydrogens is 472 g/mol. The number of alkyl halides is 6. The third kappa shape index (κ3) is 6.37. The molecule has 0 spiro atoms. The highest BCUT2D eigenvalue weighted by atomic mass is 19.4. The van der Waals surface area contributed by atoms with Crippen molar-refractivity contribution < 1.29 is 35.8 Å². The van der Waals surface area contributed by atoms with Crippen molar-refractivity contribution in [3.8, 4) is 0 Å². The Hall–Kier alpha value is -2.10. The number of hydrogen-bond acceptors (Lipinski definition) is 3. The van der Waals surface area contributed by atoms with Crippen molar-refractivity contribution in [2.45, 2.75) is 56.1 Å². The molecule has 192 valence electrons. The average Bonchev–Trinajstić information content (AvgIpc) is 2.84. The fourth-order valence-corrected chi connectivity index (χ4v) is 5.24. The van der Waals surface area contributed by atoms with Gasteiger partial charge in [0.2, 0.25) is 0 Å². The first-order valence-electron chi connectivity index (χ1n) is 11.8. The van der Waals surface area contributed by atoms with Crippen molar-refractivity contribution >= 4 is 0 Å². The van der Waals surface area contributed by atoms with E-state index in [9.17, 15) is 26.3 Å². The summed E-state index contributed by atoms with van der Waals surface area (Å²) in [5.41, 5.74) is -2.04. The average molecular weight is 502 g/mol. The highest BCUT2D eigenvalue weighted by Crippen LogP contribution is 2.42. The van der Waals surface area contributed by atoms with Crippen LogP contribution < -0.4 is 0 Å². The Bertz CT molecular complexity index is 930. The molecule has 0 amide bonds. The molecule has 0 radical (unpaired) electrons. The van der Waals surface area contributed by atoms with Crippen LogP contribution in [0.2, 0.25) is 0 Å². The van der Waals surface area contributed by atoms with Crippen LogP contribution in [0.15, 0.2) is 48.5 Å². The second-order valence-electron chi connectivity index (χ2n) is 9.43. The molecule has 2 aromatic carbocycles. The van der Waals surface area contributed by atoms with Crippen molar-refractivity contribution in [1.82, 2.24) is 4.90 Å². The topological polar surface area (TPSA) is 21.7 Å². The van der Waals surface area contributed by atoms with Gasteiger partial charge in [-0.15, -0.1) is 0 Å². The lowest BCUT2D eigenvalue weighted by molar-refractivity contribution is -0.143. The minimum Gasteiger partial charge on any atom is -0.379 e. The Labute approximate surface area is 201 Å². The molecule has 1 saturated heterocycles. The van der Waals surface area contributed by atoms with Crippen molar-refractivity contribution in [3.63, 3.8) is 0 Å². The van der Waals surface area contributed by atoms with Crippen LogP contribution in [0.25, 0.3) is 0 Å². The summed E-state index contributed by atoms with van der Waals surface area (Å²) in [4.78, 5) is 2.45. The Morgan fingerprint density at radius 2 is 1.43 bits per heavy atom. The van der Waals surface area contributed by atoms with Gasteiger partial charge in [0.05, 0.1) is 37.6 Å². The number of benzene rings is 2. The smallest absolute Gasteiger partial charge is 0.379 e. The predicted molar refractivity (Wildman–Crippen MR) is 119 cm³/mol. The predicted octanol–water partition coefficient (Wildman–Crippen LogP) is 6.45. The maximum atomic E-state index is 13.2. The molecule has 1 aliphatic carbocycles. The van der Waals surface area contributed by atoms with Gasteiger partial charge in [0, 0.05) is 24.5 Å². The standard InChI is InChI=1S/C26H29F6NO2/c27-25(28,29)21-14-19(15-22(16-21)26(30,31)32)17-35-18-24(20-4-2-1-3-5-20)8-6-23(7-9-24)33-10-12-34-13-11-33/h1-5,14-16,23H,6-13,17-18H2. The quantitative estimate of drug-likeness (QED) is 0.425. The van der Waals surface area contributed by atoms with Gasteiger partial charge in [-0.2, -0.15) is 26.3 Å². The Morgan fingerprint density at radius 3 is 1.97 bits per heavy atom. The van der Waals surface area contributed by atoms with E-state index in [1.165, 1.54) is 0 Å². The second kappa shape index (κ2) is 10.5. The van der Waals surface area contributed by atoms with Crippen molar-refractivity contribution in [2.75, 3.05) is 32.9 Å². The van der Waals surface area contributed by atoms with Gasteiger partial charge in [0.25, 0.3) is 0 Å². The van der Waals surface area contributed by atoms with Gasteiger partial charge in [-0.1, -0.05) is 30.3 Å². The summed E-state index contributed by atoms with van der Waals surface area (Å²) in [6, 6.07) is 11.9. The first-order valence-corrected chi connectivity index (χ1v) is 11.8. The van der Waals surface area contributed by atoms with Gasteiger partial charge in [0.1, 0.15) is 0 Å². The van der Waals surface area contributed by atoms with Gasteiger partial charge in [-0.05, 0) is 55.0 Å². The fraction of sp³-hybridized carbons (Fsp3) is 0.538. The number of morpholine rings is 1. The normalized spacial score (nSPS) is 24.5. The Balaban J connectivity index is 1.49. The van der Waals surface area contributed by atoms with Gasteiger partial charge in [0.15, 0.2) is 0 Å². The van der Waals surface area contributed by atoms with Gasteiger partial charge in [-0.3, -0.25) is 4.90 Å². The minimum atomic E-state index is -4.88. The maximum Gasteiger partial charge on any atom is 0.416 e. The van der Waals surface area contributed by atoms with Gasteiger partial charge >= 0.3 is 12.4 Å². The number of halogens is 6. The van der Waals surface area contributed by atoms with E-state index < -0.39 is 23.5 Å². The summed E-state index contributed by atoms with van der Waals surface area (Å²) >= 11 is 0. The fourth-order valence-electron chi connectivity index (χ4n) is 5.24. The van der Waals surface area contributed by atoms with E-state index in [0.717, 1.165) is 69.7 Å². The molecule has 0 bridgehead atoms. The molecule has 35 heavy (non-hydrogen) atoms. The van der Waals surface area contributed by atoms with Crippen LogP contribution >= 0.6 is 0 Å². The van der Waals surface area contributed by atoms with E-state index in [1.54, 1.807) is 0 Å². The number of ether oxygens (including phenoxy) is 2. The summed E-state index contributed by atoms with van der Waals surface area (Å²) in [5.74, 6) is 0. The molecular formula is C26H29F6NO2. The molecule has 0 aromatic heterocycles. The lowest BCUT2D eigenvalue weighted by atomic mass is 9.68. The highest BCUT2D eigenvalue weighted by molar-refractivity contribution is 5.33. The summed E-state index contributed by atoms with van der Waals surface area (Å²) in [6.07, 6.45) is -6.21. The molecule has 0 N–H and O–H groups in total. The monoisotopic (exact) mass is 501 g/mol. The van der Waals surface area contributed by atoms with Gasteiger partial charge < -0.3 is 9.47 Å². The van der Waals surface area contributed by atoms with Crippen LogP contribution in [0.1, 0.15) is 47.9 Å². The first-order chi connectivity index (χ1) is 16.6. The van der Waals surface area contributed by atoms with Gasteiger partial charge in [-0.25, -0.2) is 0 Å². The molecule has 1 saturated carbocycles. The molecule has 2 aromatic rings. The molecule has 0 atom stereocenters. The molecule has 1 aliphatic heterocycles. The van der Waals surface area contributed by atoms with Crippen molar-refractivity contribution in [2.24, 2.45) is 0 Å². The lowest BCUT2D eigenvalue weighted by Gasteiger charge is -2.44. The number of nitrogens with zero attached hydrogens (tertiary/aromatic N) is 1. The molecule has 2 aliphatic rings. The molecule has 2 fully saturated rings. The van der Waals surface area contributed by atoms with Crippen LogP contribution in [-0.2, 0) is 33.8 Å². The summed E-state index contributed by atoms with van der Waals surface area (Å²) in [6.45, 7) is 3.15. The summed E-state index contributed by atoms with van der Waals surface area (Å²) in [7, 11) is 0. The molecule has 0 unspecified atom stereocenters. The summed E-state index contributed by atoms with van der Waals surface area (Å²) in [5, 5.41) is 0. The zero-order valence-electron chi connectivity index (χ0n) is 19.3. The Kier molecular flexibility index (Phi) is 7.78. The van der Waals surface area contributed by atoms with E-state index in [2.05, 4.69) is 4.90 Å². The second-order valence-corrected chi connectivity index (χ2v) is 9.43. The van der Waals surface area contributed by atoms with E-state index >= 15 is 0 Å². The SMILES string of the molecule is FC(F)(F)c1cc(COCC2(c3ccccc3)CCC(N3CCOCC3)CC2)cc(C(F)(F)F)c1.